The molecule has 0 unspecified atom stereocenters. The molecule has 0 rings (SSSR count). The van der Waals surface area contributed by atoms with E-state index in [1.165, 1.54) is 6.92 Å². The molecule has 0 saturated carbocycles. The van der Waals surface area contributed by atoms with E-state index >= 15 is 0 Å². The Kier molecular flexibility index (Phi) is 9.01. The van der Waals surface area contributed by atoms with Crippen LogP contribution in [0.2, 0.25) is 0 Å². The minimum Gasteiger partial charge on any atom is -0.421 e. The van der Waals surface area contributed by atoms with E-state index in [0.29, 0.717) is 0 Å². The molecule has 0 aromatic heterocycles. The van der Waals surface area contributed by atoms with Crippen molar-refractivity contribution in [3.8, 4) is 0 Å². The molecule has 6 heavy (non-hydrogen) atoms. The molecular weight excluding hydrogens is 258 g/mol. The van der Waals surface area contributed by atoms with Gasteiger partial charge in [-0.2, -0.15) is 0 Å². The number of hydrogen-bond donors (Lipinski definition) is 0. The molecule has 0 amide bonds. The average Bonchev–Trinajstić information content (AvgIpc) is 1.38. The second kappa shape index (κ2) is 5.55. The maximum absolute atomic E-state index is 10.7. The van der Waals surface area contributed by atoms with Crippen molar-refractivity contribution in [2.45, 2.75) is 13.3 Å². The van der Waals surface area contributed by atoms with Crippen LogP contribution < -0.4 is 0 Å². The average molecular weight is 263 g/mol. The summed E-state index contributed by atoms with van der Waals surface area (Å²) in [6.07, 6.45) is -1.61. The first-order chi connectivity index (χ1) is 2.27. The Morgan fingerprint density at radius 1 is 1.50 bits per heavy atom. The molecule has 0 aromatic rings. The SMILES string of the molecule is CC[C-](F)F.[W]. The second-order valence-corrected chi connectivity index (χ2v) is 0.692. The van der Waals surface area contributed by atoms with Gasteiger partial charge in [0.05, 0.1) is 0 Å². The fourth-order valence-corrected chi connectivity index (χ4v) is 0. The third-order valence-corrected chi connectivity index (χ3v) is 0.267. The molecule has 0 fully saturated rings. The quantitative estimate of drug-likeness (QED) is 0.633. The molecule has 0 radical (unpaired) electrons. The minimum absolute atomic E-state index is 0. The van der Waals surface area contributed by atoms with Gasteiger partial charge in [-0.05, 0) is 0 Å². The largest absolute Gasteiger partial charge is 0.421 e. The fraction of sp³-hybridized carbons (Fsp3) is 0.667. The smallest absolute Gasteiger partial charge is 0.00106 e. The Balaban J connectivity index is 0. The van der Waals surface area contributed by atoms with Crippen LogP contribution in [0.25, 0.3) is 0 Å². The van der Waals surface area contributed by atoms with Gasteiger partial charge in [-0.15, -0.1) is 6.42 Å². The van der Waals surface area contributed by atoms with Crippen LogP contribution in [0.15, 0.2) is 0 Å². The molecular formula is C3H5F2W-. The van der Waals surface area contributed by atoms with Crippen molar-refractivity contribution >= 4 is 0 Å². The standard InChI is InChI=1S/C3H5F2.W/c1-2-3(4)5;/h2H2,1H3;/q-1;. The summed E-state index contributed by atoms with van der Waals surface area (Å²) in [5, 5.41) is 0. The van der Waals surface area contributed by atoms with Gasteiger partial charge >= 0.3 is 0 Å². The topological polar surface area (TPSA) is 0 Å². The summed E-state index contributed by atoms with van der Waals surface area (Å²) in [5.74, 6) is 0. The van der Waals surface area contributed by atoms with Crippen molar-refractivity contribution < 1.29 is 29.8 Å². The van der Waals surface area contributed by atoms with Crippen LogP contribution in [0.4, 0.5) is 8.78 Å². The molecule has 0 bridgehead atoms. The Morgan fingerprint density at radius 3 is 1.67 bits per heavy atom. The van der Waals surface area contributed by atoms with Gasteiger partial charge in [-0.1, -0.05) is 6.92 Å². The molecule has 0 N–H and O–H groups in total. The normalized spacial score (nSPS) is 8.00. The summed E-state index contributed by atoms with van der Waals surface area (Å²) < 4.78 is 21.4. The van der Waals surface area contributed by atoms with Crippen LogP contribution in [0.3, 0.4) is 0 Å². The van der Waals surface area contributed by atoms with E-state index in [0.717, 1.165) is 0 Å². The Bertz CT molecular complexity index is 22.8. The second-order valence-electron chi connectivity index (χ2n) is 0.692. The third kappa shape index (κ3) is 8.82. The minimum atomic E-state index is -1.50. The van der Waals surface area contributed by atoms with Crippen LogP contribution in [-0.4, -0.2) is 0 Å². The monoisotopic (exact) mass is 263 g/mol. The number of rotatable bonds is 1. The summed E-state index contributed by atoms with van der Waals surface area (Å²) in [4.78, 5) is 0. The first kappa shape index (κ1) is 9.74. The summed E-state index contributed by atoms with van der Waals surface area (Å²) in [7, 11) is 0. The zero-order chi connectivity index (χ0) is 4.28. The molecule has 0 nitrogen and oxygen atoms in total. The van der Waals surface area contributed by atoms with E-state index < -0.39 is 6.43 Å². The molecule has 0 atom stereocenters. The Hall–Kier alpha value is 0.548. The van der Waals surface area contributed by atoms with Crippen LogP contribution in [0.1, 0.15) is 13.3 Å². The maximum atomic E-state index is 10.7. The van der Waals surface area contributed by atoms with Crippen molar-refractivity contribution in [1.82, 2.24) is 0 Å². The summed E-state index contributed by atoms with van der Waals surface area (Å²) >= 11 is 0. The fourth-order valence-electron chi connectivity index (χ4n) is 0. The van der Waals surface area contributed by atoms with E-state index in [1.807, 2.05) is 0 Å². The molecule has 0 spiro atoms. The van der Waals surface area contributed by atoms with Crippen LogP contribution in [-0.2, 0) is 21.1 Å². The van der Waals surface area contributed by atoms with Crippen molar-refractivity contribution in [2.75, 3.05) is 0 Å². The number of hydrogen-bond acceptors (Lipinski definition) is 0. The molecule has 0 aliphatic rings. The van der Waals surface area contributed by atoms with Gasteiger partial charge in [0.25, 0.3) is 0 Å². The predicted molar refractivity (Wildman–Crippen MR) is 15.8 cm³/mol. The van der Waals surface area contributed by atoms with Gasteiger partial charge in [0, 0.05) is 27.5 Å². The third-order valence-electron chi connectivity index (χ3n) is 0.267. The van der Waals surface area contributed by atoms with Gasteiger partial charge in [0.1, 0.15) is 0 Å². The maximum Gasteiger partial charge on any atom is 0.00106 e. The van der Waals surface area contributed by atoms with E-state index in [4.69, 9.17) is 0 Å². The van der Waals surface area contributed by atoms with Crippen molar-refractivity contribution in [3.63, 3.8) is 0 Å². The summed E-state index contributed by atoms with van der Waals surface area (Å²) in [6, 6.07) is 0. The van der Waals surface area contributed by atoms with Crippen LogP contribution in [0.5, 0.6) is 0 Å². The molecule has 3 heteroatoms. The summed E-state index contributed by atoms with van der Waals surface area (Å²) in [6.45, 7) is 1.41. The van der Waals surface area contributed by atoms with Crippen molar-refractivity contribution in [1.29, 1.82) is 0 Å². The molecule has 0 saturated heterocycles. The molecule has 0 aliphatic heterocycles. The number of halogens is 2. The Labute approximate surface area is 50.2 Å². The van der Waals surface area contributed by atoms with Crippen molar-refractivity contribution in [2.24, 2.45) is 0 Å². The van der Waals surface area contributed by atoms with E-state index in [1.54, 1.807) is 0 Å². The van der Waals surface area contributed by atoms with Gasteiger partial charge in [-0.25, -0.2) is 0 Å². The van der Waals surface area contributed by atoms with Gasteiger partial charge < -0.3 is 8.78 Å². The van der Waals surface area contributed by atoms with E-state index in [-0.39, 0.29) is 27.5 Å². The first-order valence-electron chi connectivity index (χ1n) is 1.44. The van der Waals surface area contributed by atoms with Crippen LogP contribution in [0, 0.1) is 6.43 Å². The Morgan fingerprint density at radius 2 is 1.67 bits per heavy atom. The molecule has 0 heterocycles. The van der Waals surface area contributed by atoms with Gasteiger partial charge in [0.2, 0.25) is 0 Å². The first-order valence-corrected chi connectivity index (χ1v) is 1.44. The van der Waals surface area contributed by atoms with E-state index in [9.17, 15) is 8.78 Å². The summed E-state index contributed by atoms with van der Waals surface area (Å²) in [5.41, 5.74) is 0. The van der Waals surface area contributed by atoms with Gasteiger partial charge in [-0.3, -0.25) is 0 Å². The van der Waals surface area contributed by atoms with Gasteiger partial charge in [0.15, 0.2) is 0 Å². The van der Waals surface area contributed by atoms with Crippen molar-refractivity contribution in [3.05, 3.63) is 6.43 Å². The zero-order valence-corrected chi connectivity index (χ0v) is 6.30. The molecule has 38 valence electrons. The molecule has 0 aromatic carbocycles. The molecule has 0 aliphatic carbocycles. The van der Waals surface area contributed by atoms with Crippen LogP contribution >= 0.6 is 0 Å². The predicted octanol–water partition coefficient (Wildman–Crippen LogP) is 1.82. The zero-order valence-electron chi connectivity index (χ0n) is 3.37. The van der Waals surface area contributed by atoms with E-state index in [2.05, 4.69) is 0 Å².